The first-order chi connectivity index (χ1) is 15.0. The number of anilines is 1. The highest BCUT2D eigenvalue weighted by atomic mass is 16.6. The molecule has 10 heteroatoms. The number of likely N-dealkylation sites (tertiary alicyclic amines) is 1. The normalized spacial score (nSPS) is 21.5. The number of piperazine rings is 1. The van der Waals surface area contributed by atoms with Gasteiger partial charge in [0.1, 0.15) is 6.61 Å². The topological polar surface area (TPSA) is 112 Å². The highest BCUT2D eigenvalue weighted by Gasteiger charge is 2.42. The van der Waals surface area contributed by atoms with E-state index in [1.54, 1.807) is 10.4 Å². The van der Waals surface area contributed by atoms with Gasteiger partial charge in [-0.2, -0.15) is 0 Å². The number of nitrogens with one attached hydrogen (secondary N) is 1. The third-order valence-electron chi connectivity index (χ3n) is 5.86. The first-order valence-electron chi connectivity index (χ1n) is 10.5. The summed E-state index contributed by atoms with van der Waals surface area (Å²) in [4.78, 5) is 43.1. The SMILES string of the molecule is COCCOC(=O)N1CC[C@H](C(=O)N2CCN(c3ccccc3)CC2)[C@@H](C(=O)NO)C1. The van der Waals surface area contributed by atoms with Crippen molar-refractivity contribution in [2.45, 2.75) is 6.42 Å². The van der Waals surface area contributed by atoms with Gasteiger partial charge >= 0.3 is 6.09 Å². The van der Waals surface area contributed by atoms with Crippen LogP contribution in [0.5, 0.6) is 0 Å². The number of rotatable bonds is 6. The Balaban J connectivity index is 1.59. The zero-order valence-corrected chi connectivity index (χ0v) is 17.7. The van der Waals surface area contributed by atoms with Gasteiger partial charge in [0.05, 0.1) is 18.4 Å². The first kappa shape index (κ1) is 22.8. The molecule has 2 atom stereocenters. The van der Waals surface area contributed by atoms with Crippen LogP contribution in [0, 0.1) is 11.8 Å². The van der Waals surface area contributed by atoms with Gasteiger partial charge in [-0.25, -0.2) is 10.3 Å². The van der Waals surface area contributed by atoms with Crippen LogP contribution >= 0.6 is 0 Å². The molecule has 2 N–H and O–H groups in total. The Morgan fingerprint density at radius 3 is 2.35 bits per heavy atom. The van der Waals surface area contributed by atoms with Crippen LogP contribution < -0.4 is 10.4 Å². The molecule has 0 aromatic heterocycles. The van der Waals surface area contributed by atoms with Crippen molar-refractivity contribution in [1.82, 2.24) is 15.3 Å². The minimum Gasteiger partial charge on any atom is -0.447 e. The Morgan fingerprint density at radius 1 is 1.00 bits per heavy atom. The summed E-state index contributed by atoms with van der Waals surface area (Å²) in [5.41, 5.74) is 2.76. The van der Waals surface area contributed by atoms with E-state index in [9.17, 15) is 19.6 Å². The molecule has 3 amide bonds. The van der Waals surface area contributed by atoms with Crippen molar-refractivity contribution in [3.05, 3.63) is 30.3 Å². The molecule has 2 fully saturated rings. The fraction of sp³-hybridized carbons (Fsp3) is 0.571. The van der Waals surface area contributed by atoms with E-state index in [4.69, 9.17) is 9.47 Å². The van der Waals surface area contributed by atoms with Crippen molar-refractivity contribution >= 4 is 23.6 Å². The van der Waals surface area contributed by atoms with Crippen LogP contribution in [-0.2, 0) is 19.1 Å². The number of para-hydroxylation sites is 1. The molecule has 0 saturated carbocycles. The third-order valence-corrected chi connectivity index (χ3v) is 5.86. The highest BCUT2D eigenvalue weighted by Crippen LogP contribution is 2.27. The van der Waals surface area contributed by atoms with E-state index >= 15 is 0 Å². The molecule has 170 valence electrons. The van der Waals surface area contributed by atoms with Crippen molar-refractivity contribution in [3.8, 4) is 0 Å². The predicted molar refractivity (Wildman–Crippen MR) is 112 cm³/mol. The lowest BCUT2D eigenvalue weighted by Crippen LogP contribution is -2.56. The maximum Gasteiger partial charge on any atom is 0.409 e. The average molecular weight is 434 g/mol. The predicted octanol–water partition coefficient (Wildman–Crippen LogP) is 0.562. The van der Waals surface area contributed by atoms with E-state index in [2.05, 4.69) is 4.90 Å². The van der Waals surface area contributed by atoms with Gasteiger partial charge in [-0.3, -0.25) is 14.8 Å². The second kappa shape index (κ2) is 11.0. The minimum absolute atomic E-state index is 0.0125. The number of ether oxygens (including phenoxy) is 2. The molecule has 0 radical (unpaired) electrons. The number of hydroxylamine groups is 1. The number of piperidine rings is 1. The molecule has 3 rings (SSSR count). The van der Waals surface area contributed by atoms with Gasteiger partial charge in [-0.05, 0) is 18.6 Å². The lowest BCUT2D eigenvalue weighted by molar-refractivity contribution is -0.148. The van der Waals surface area contributed by atoms with E-state index < -0.39 is 23.8 Å². The quantitative estimate of drug-likeness (QED) is 0.382. The van der Waals surface area contributed by atoms with Gasteiger partial charge in [0.15, 0.2) is 0 Å². The van der Waals surface area contributed by atoms with Gasteiger partial charge in [-0.15, -0.1) is 0 Å². The second-order valence-electron chi connectivity index (χ2n) is 7.68. The van der Waals surface area contributed by atoms with Crippen molar-refractivity contribution in [1.29, 1.82) is 0 Å². The molecule has 31 heavy (non-hydrogen) atoms. The van der Waals surface area contributed by atoms with E-state index in [1.165, 1.54) is 12.0 Å². The molecule has 1 aromatic rings. The lowest BCUT2D eigenvalue weighted by Gasteiger charge is -2.41. The van der Waals surface area contributed by atoms with Gasteiger partial charge in [0.25, 0.3) is 0 Å². The average Bonchev–Trinajstić information content (AvgIpc) is 2.83. The number of hydrogen-bond donors (Lipinski definition) is 2. The number of methoxy groups -OCH3 is 1. The molecule has 0 spiro atoms. The zero-order valence-electron chi connectivity index (χ0n) is 17.7. The molecule has 0 aliphatic carbocycles. The van der Waals surface area contributed by atoms with Gasteiger partial charge in [0.2, 0.25) is 11.8 Å². The smallest absolute Gasteiger partial charge is 0.409 e. The second-order valence-corrected chi connectivity index (χ2v) is 7.68. The summed E-state index contributed by atoms with van der Waals surface area (Å²) in [6, 6.07) is 10.0. The largest absolute Gasteiger partial charge is 0.447 e. The van der Waals surface area contributed by atoms with Crippen LogP contribution in [0.1, 0.15) is 6.42 Å². The Hall–Kier alpha value is -2.85. The molecule has 2 aliphatic rings. The fourth-order valence-electron chi connectivity index (χ4n) is 4.12. The number of carbonyl (C=O) groups excluding carboxylic acids is 3. The summed E-state index contributed by atoms with van der Waals surface area (Å²) in [6.07, 6.45) is -0.231. The summed E-state index contributed by atoms with van der Waals surface area (Å²) in [6.45, 7) is 3.22. The molecular weight excluding hydrogens is 404 g/mol. The van der Waals surface area contributed by atoms with Crippen LogP contribution in [0.15, 0.2) is 30.3 Å². The van der Waals surface area contributed by atoms with Crippen molar-refractivity contribution in [2.24, 2.45) is 11.8 Å². The van der Waals surface area contributed by atoms with Gasteiger partial charge in [0, 0.05) is 52.1 Å². The highest BCUT2D eigenvalue weighted by molar-refractivity contribution is 5.88. The van der Waals surface area contributed by atoms with E-state index in [0.29, 0.717) is 39.1 Å². The van der Waals surface area contributed by atoms with Crippen molar-refractivity contribution in [2.75, 3.05) is 64.5 Å². The minimum atomic E-state index is -0.839. The third kappa shape index (κ3) is 5.65. The number of amides is 3. The molecule has 2 aliphatic heterocycles. The molecule has 10 nitrogen and oxygen atoms in total. The number of benzene rings is 1. The number of nitrogens with zero attached hydrogens (tertiary/aromatic N) is 3. The maximum atomic E-state index is 13.2. The molecular formula is C21H30N4O6. The Morgan fingerprint density at radius 2 is 1.71 bits per heavy atom. The molecule has 0 unspecified atom stereocenters. The standard InChI is InChI=1S/C21H30N4O6/c1-30-13-14-31-21(28)25-8-7-17(18(15-25)19(26)22-29)20(27)24-11-9-23(10-12-24)16-5-3-2-4-6-16/h2-6,17-18,29H,7-15H2,1H3,(H,22,26)/t17-,18-/m0/s1. The summed E-state index contributed by atoms with van der Waals surface area (Å²) >= 11 is 0. The van der Waals surface area contributed by atoms with Crippen LogP contribution in [0.3, 0.4) is 0 Å². The summed E-state index contributed by atoms with van der Waals surface area (Å²) < 4.78 is 9.98. The number of hydrogen-bond acceptors (Lipinski definition) is 7. The van der Waals surface area contributed by atoms with Gasteiger partial charge in [-0.1, -0.05) is 18.2 Å². The monoisotopic (exact) mass is 434 g/mol. The van der Waals surface area contributed by atoms with Crippen LogP contribution in [-0.4, -0.2) is 92.5 Å². The Bertz CT molecular complexity index is 753. The van der Waals surface area contributed by atoms with Gasteiger partial charge < -0.3 is 24.2 Å². The Labute approximate surface area is 181 Å². The van der Waals surface area contributed by atoms with Crippen LogP contribution in [0.25, 0.3) is 0 Å². The lowest BCUT2D eigenvalue weighted by atomic mass is 9.83. The van der Waals surface area contributed by atoms with E-state index in [0.717, 1.165) is 5.69 Å². The maximum absolute atomic E-state index is 13.2. The molecule has 2 heterocycles. The molecule has 1 aromatic carbocycles. The zero-order chi connectivity index (χ0) is 22.2. The Kier molecular flexibility index (Phi) is 8.07. The van der Waals surface area contributed by atoms with E-state index in [-0.39, 0.29) is 25.7 Å². The fourth-order valence-corrected chi connectivity index (χ4v) is 4.12. The molecule has 0 bridgehead atoms. The summed E-state index contributed by atoms with van der Waals surface area (Å²) in [5.74, 6) is -2.23. The summed E-state index contributed by atoms with van der Waals surface area (Å²) in [7, 11) is 1.51. The van der Waals surface area contributed by atoms with Crippen molar-refractivity contribution in [3.63, 3.8) is 0 Å². The first-order valence-corrected chi connectivity index (χ1v) is 10.5. The summed E-state index contributed by atoms with van der Waals surface area (Å²) in [5, 5.41) is 9.17. The van der Waals surface area contributed by atoms with Crippen LogP contribution in [0.4, 0.5) is 10.5 Å². The van der Waals surface area contributed by atoms with Crippen molar-refractivity contribution < 1.29 is 29.1 Å². The molecule has 2 saturated heterocycles. The van der Waals surface area contributed by atoms with Crippen LogP contribution in [0.2, 0.25) is 0 Å². The van der Waals surface area contributed by atoms with E-state index in [1.807, 2.05) is 30.3 Å². The number of carbonyl (C=O) groups is 3.